The normalized spacial score (nSPS) is 12.4. The maximum atomic E-state index is 13.5. The predicted octanol–water partition coefficient (Wildman–Crippen LogP) is 5.21. The predicted molar refractivity (Wildman–Crippen MR) is 83.6 cm³/mol. The van der Waals surface area contributed by atoms with Crippen molar-refractivity contribution in [3.05, 3.63) is 58.9 Å². The highest BCUT2D eigenvalue weighted by Gasteiger charge is 2.12. The van der Waals surface area contributed by atoms with Crippen LogP contribution in [-0.2, 0) is 0 Å². The maximum absolute atomic E-state index is 13.5. The van der Waals surface area contributed by atoms with Crippen molar-refractivity contribution in [2.45, 2.75) is 26.3 Å². The van der Waals surface area contributed by atoms with E-state index < -0.39 is 0 Å². The first-order valence-corrected chi connectivity index (χ1v) is 7.28. The van der Waals surface area contributed by atoms with Crippen LogP contribution >= 0.6 is 11.6 Å². The summed E-state index contributed by atoms with van der Waals surface area (Å²) in [6, 6.07) is 12.9. The Labute approximate surface area is 124 Å². The molecule has 1 unspecified atom stereocenters. The van der Waals surface area contributed by atoms with E-state index >= 15 is 0 Å². The minimum absolute atomic E-state index is 0.216. The van der Waals surface area contributed by atoms with E-state index in [1.807, 2.05) is 18.2 Å². The molecule has 20 heavy (non-hydrogen) atoms. The molecule has 0 heterocycles. The van der Waals surface area contributed by atoms with Gasteiger partial charge in [0.05, 0.1) is 0 Å². The fourth-order valence-electron chi connectivity index (χ4n) is 2.32. The van der Waals surface area contributed by atoms with Gasteiger partial charge >= 0.3 is 0 Å². The van der Waals surface area contributed by atoms with Crippen LogP contribution in [0.15, 0.2) is 42.5 Å². The number of halogens is 2. The minimum Gasteiger partial charge on any atom is -0.310 e. The quantitative estimate of drug-likeness (QED) is 0.797. The number of rotatable bonds is 5. The van der Waals surface area contributed by atoms with Gasteiger partial charge in [-0.25, -0.2) is 4.39 Å². The zero-order valence-corrected chi connectivity index (χ0v) is 12.5. The van der Waals surface area contributed by atoms with Crippen LogP contribution in [0.25, 0.3) is 11.1 Å². The van der Waals surface area contributed by atoms with Gasteiger partial charge in [-0.05, 0) is 54.8 Å². The van der Waals surface area contributed by atoms with Crippen LogP contribution in [0, 0.1) is 5.82 Å². The Morgan fingerprint density at radius 3 is 2.65 bits per heavy atom. The summed E-state index contributed by atoms with van der Waals surface area (Å²) in [5, 5.41) is 3.88. The van der Waals surface area contributed by atoms with Gasteiger partial charge in [0.1, 0.15) is 5.82 Å². The van der Waals surface area contributed by atoms with Crippen molar-refractivity contribution in [1.29, 1.82) is 0 Å². The van der Waals surface area contributed by atoms with Crippen LogP contribution in [0.5, 0.6) is 0 Å². The molecule has 2 aromatic carbocycles. The summed E-state index contributed by atoms with van der Waals surface area (Å²) < 4.78 is 13.5. The van der Waals surface area contributed by atoms with Crippen LogP contribution in [0.2, 0.25) is 5.02 Å². The summed E-state index contributed by atoms with van der Waals surface area (Å²) in [6.07, 6.45) is 1.08. The number of nitrogens with one attached hydrogen (secondary N) is 1. The van der Waals surface area contributed by atoms with Crippen molar-refractivity contribution in [1.82, 2.24) is 5.32 Å². The molecule has 3 heteroatoms. The molecule has 0 aliphatic carbocycles. The van der Waals surface area contributed by atoms with Gasteiger partial charge in [0.25, 0.3) is 0 Å². The molecule has 0 aliphatic rings. The van der Waals surface area contributed by atoms with E-state index in [0.717, 1.165) is 29.7 Å². The summed E-state index contributed by atoms with van der Waals surface area (Å²) in [4.78, 5) is 0. The first-order chi connectivity index (χ1) is 9.61. The van der Waals surface area contributed by atoms with Gasteiger partial charge in [-0.1, -0.05) is 42.8 Å². The average Bonchev–Trinajstić information content (AvgIpc) is 2.43. The van der Waals surface area contributed by atoms with E-state index in [-0.39, 0.29) is 11.9 Å². The van der Waals surface area contributed by atoms with E-state index in [0.29, 0.717) is 5.02 Å². The third-order valence-corrected chi connectivity index (χ3v) is 3.52. The van der Waals surface area contributed by atoms with Crippen molar-refractivity contribution in [2.24, 2.45) is 0 Å². The molecule has 0 amide bonds. The van der Waals surface area contributed by atoms with Crippen LogP contribution in [0.1, 0.15) is 31.9 Å². The summed E-state index contributed by atoms with van der Waals surface area (Å²) >= 11 is 5.96. The molecule has 1 nitrogen and oxygen atoms in total. The van der Waals surface area contributed by atoms with Gasteiger partial charge in [0.2, 0.25) is 0 Å². The topological polar surface area (TPSA) is 12.0 Å². The Morgan fingerprint density at radius 2 is 1.95 bits per heavy atom. The highest BCUT2D eigenvalue weighted by molar-refractivity contribution is 6.30. The lowest BCUT2D eigenvalue weighted by Crippen LogP contribution is -2.19. The summed E-state index contributed by atoms with van der Waals surface area (Å²) in [6.45, 7) is 5.22. The average molecular weight is 292 g/mol. The van der Waals surface area contributed by atoms with Crippen molar-refractivity contribution in [3.63, 3.8) is 0 Å². The maximum Gasteiger partial charge on any atom is 0.125 e. The fourth-order valence-corrected chi connectivity index (χ4v) is 2.54. The molecule has 0 aromatic heterocycles. The van der Waals surface area contributed by atoms with E-state index in [4.69, 9.17) is 11.6 Å². The molecule has 2 rings (SSSR count). The van der Waals surface area contributed by atoms with Gasteiger partial charge in [-0.2, -0.15) is 0 Å². The Bertz CT molecular complexity index is 563. The van der Waals surface area contributed by atoms with Crippen LogP contribution in [0.4, 0.5) is 4.39 Å². The molecule has 0 bridgehead atoms. The van der Waals surface area contributed by atoms with Crippen LogP contribution in [0.3, 0.4) is 0 Å². The molecule has 106 valence electrons. The van der Waals surface area contributed by atoms with Crippen molar-refractivity contribution >= 4 is 11.6 Å². The Morgan fingerprint density at radius 1 is 1.20 bits per heavy atom. The Kier molecular flexibility index (Phi) is 5.16. The Balaban J connectivity index is 2.41. The summed E-state index contributed by atoms with van der Waals surface area (Å²) in [5.41, 5.74) is 2.99. The highest BCUT2D eigenvalue weighted by atomic mass is 35.5. The number of benzene rings is 2. The van der Waals surface area contributed by atoms with E-state index in [2.05, 4.69) is 25.2 Å². The van der Waals surface area contributed by atoms with Crippen molar-refractivity contribution < 1.29 is 4.39 Å². The van der Waals surface area contributed by atoms with Gasteiger partial charge in [-0.3, -0.25) is 0 Å². The molecule has 0 radical (unpaired) electrons. The Hall–Kier alpha value is -1.38. The second-order valence-corrected chi connectivity index (χ2v) is 5.36. The molecule has 0 fully saturated rings. The third-order valence-electron chi connectivity index (χ3n) is 3.30. The highest BCUT2D eigenvalue weighted by Crippen LogP contribution is 2.30. The molecular weight excluding hydrogens is 273 g/mol. The van der Waals surface area contributed by atoms with Crippen LogP contribution in [-0.4, -0.2) is 6.54 Å². The van der Waals surface area contributed by atoms with Gasteiger partial charge < -0.3 is 5.32 Å². The molecule has 1 N–H and O–H groups in total. The lowest BCUT2D eigenvalue weighted by atomic mass is 9.95. The smallest absolute Gasteiger partial charge is 0.125 e. The summed E-state index contributed by atoms with van der Waals surface area (Å²) in [7, 11) is 0. The SMILES string of the molecule is CCCNC(C)c1ccccc1-c1cc(F)cc(Cl)c1. The monoisotopic (exact) mass is 291 g/mol. The fraction of sp³-hybridized carbons (Fsp3) is 0.294. The van der Waals surface area contributed by atoms with E-state index in [1.165, 1.54) is 12.1 Å². The first kappa shape index (κ1) is 15.0. The van der Waals surface area contributed by atoms with Gasteiger partial charge in [0.15, 0.2) is 0 Å². The van der Waals surface area contributed by atoms with Crippen molar-refractivity contribution in [2.75, 3.05) is 6.54 Å². The lowest BCUT2D eigenvalue weighted by molar-refractivity contribution is 0.571. The van der Waals surface area contributed by atoms with E-state index in [1.54, 1.807) is 6.07 Å². The summed E-state index contributed by atoms with van der Waals surface area (Å²) in [5.74, 6) is -0.309. The lowest BCUT2D eigenvalue weighted by Gasteiger charge is -2.18. The minimum atomic E-state index is -0.309. The zero-order chi connectivity index (χ0) is 14.5. The third kappa shape index (κ3) is 3.59. The van der Waals surface area contributed by atoms with Crippen molar-refractivity contribution in [3.8, 4) is 11.1 Å². The molecule has 0 spiro atoms. The molecule has 0 saturated heterocycles. The largest absolute Gasteiger partial charge is 0.310 e. The number of hydrogen-bond acceptors (Lipinski definition) is 1. The zero-order valence-electron chi connectivity index (χ0n) is 11.8. The second-order valence-electron chi connectivity index (χ2n) is 4.92. The van der Waals surface area contributed by atoms with Gasteiger partial charge in [0, 0.05) is 11.1 Å². The van der Waals surface area contributed by atoms with Gasteiger partial charge in [-0.15, -0.1) is 0 Å². The molecular formula is C17H19ClFN. The first-order valence-electron chi connectivity index (χ1n) is 6.90. The molecule has 2 aromatic rings. The number of hydrogen-bond donors (Lipinski definition) is 1. The molecule has 0 saturated carbocycles. The molecule has 1 atom stereocenters. The van der Waals surface area contributed by atoms with Crippen LogP contribution < -0.4 is 5.32 Å². The van der Waals surface area contributed by atoms with E-state index in [9.17, 15) is 4.39 Å². The molecule has 0 aliphatic heterocycles. The second kappa shape index (κ2) is 6.87. The standard InChI is InChI=1S/C17H19ClFN/c1-3-8-20-12(2)16-6-4-5-7-17(16)13-9-14(18)11-15(19)10-13/h4-7,9-12,20H,3,8H2,1-2H3.